The minimum Gasteiger partial charge on any atom is -0.464 e. The van der Waals surface area contributed by atoms with Gasteiger partial charge >= 0.3 is 0 Å². The molecule has 22 heavy (non-hydrogen) atoms. The van der Waals surface area contributed by atoms with Gasteiger partial charge in [-0.2, -0.15) is 0 Å². The fourth-order valence-electron chi connectivity index (χ4n) is 2.88. The number of rotatable bonds is 5. The Bertz CT molecular complexity index is 610. The first-order valence-corrected chi connectivity index (χ1v) is 8.13. The minimum absolute atomic E-state index is 0.204. The highest BCUT2D eigenvalue weighted by atomic mass is 16.3. The van der Waals surface area contributed by atoms with Crippen LogP contribution in [0.15, 0.2) is 28.8 Å². The van der Waals surface area contributed by atoms with Gasteiger partial charge < -0.3 is 14.6 Å². The van der Waals surface area contributed by atoms with Gasteiger partial charge in [-0.1, -0.05) is 0 Å². The normalized spacial score (nSPS) is 16.2. The molecule has 1 aliphatic rings. The van der Waals surface area contributed by atoms with Crippen LogP contribution in [0.25, 0.3) is 0 Å². The summed E-state index contributed by atoms with van der Waals surface area (Å²) in [6.45, 7) is 9.32. The molecule has 0 unspecified atom stereocenters. The lowest BCUT2D eigenvalue weighted by Crippen LogP contribution is -2.20. The van der Waals surface area contributed by atoms with Crippen molar-refractivity contribution in [1.82, 2.24) is 10.3 Å². The second-order valence-corrected chi connectivity index (χ2v) is 6.21. The lowest BCUT2D eigenvalue weighted by Gasteiger charge is -2.17. The number of hydrogen-bond donors (Lipinski definition) is 1. The number of pyridine rings is 1. The van der Waals surface area contributed by atoms with E-state index in [0.717, 1.165) is 37.0 Å². The third kappa shape index (κ3) is 3.33. The van der Waals surface area contributed by atoms with E-state index < -0.39 is 0 Å². The lowest BCUT2D eigenvalue weighted by atomic mass is 10.2. The van der Waals surface area contributed by atoms with E-state index >= 15 is 0 Å². The molecule has 2 aromatic heterocycles. The highest BCUT2D eigenvalue weighted by molar-refractivity contribution is 5.41. The first kappa shape index (κ1) is 15.1. The zero-order valence-electron chi connectivity index (χ0n) is 13.7. The Hall–Kier alpha value is -1.81. The smallest absolute Gasteiger partial charge is 0.128 e. The van der Waals surface area contributed by atoms with Crippen molar-refractivity contribution in [1.29, 1.82) is 0 Å². The van der Waals surface area contributed by atoms with Gasteiger partial charge in [0.1, 0.15) is 17.3 Å². The fourth-order valence-corrected chi connectivity index (χ4v) is 2.88. The summed E-state index contributed by atoms with van der Waals surface area (Å²) in [7, 11) is 0. The molecule has 0 radical (unpaired) electrons. The van der Waals surface area contributed by atoms with Crippen molar-refractivity contribution < 1.29 is 4.42 Å². The van der Waals surface area contributed by atoms with Gasteiger partial charge in [0, 0.05) is 25.8 Å². The van der Waals surface area contributed by atoms with Crippen LogP contribution in [0.5, 0.6) is 0 Å². The second-order valence-electron chi connectivity index (χ2n) is 6.21. The first-order valence-electron chi connectivity index (χ1n) is 8.13. The van der Waals surface area contributed by atoms with Crippen LogP contribution in [0.1, 0.15) is 48.5 Å². The Labute approximate surface area is 132 Å². The quantitative estimate of drug-likeness (QED) is 0.913. The Morgan fingerprint density at radius 3 is 2.73 bits per heavy atom. The summed E-state index contributed by atoms with van der Waals surface area (Å²) in [4.78, 5) is 6.87. The van der Waals surface area contributed by atoms with Crippen LogP contribution in [0.3, 0.4) is 0 Å². The molecule has 3 heterocycles. The summed E-state index contributed by atoms with van der Waals surface area (Å²) in [5, 5.41) is 3.53. The number of nitrogens with zero attached hydrogens (tertiary/aromatic N) is 2. The molecule has 3 rings (SSSR count). The predicted octanol–water partition coefficient (Wildman–Crippen LogP) is 3.74. The molecule has 0 spiro atoms. The Balaban J connectivity index is 1.62. The van der Waals surface area contributed by atoms with E-state index in [1.165, 1.54) is 24.0 Å². The molecule has 0 aliphatic carbocycles. The van der Waals surface area contributed by atoms with Gasteiger partial charge in [-0.25, -0.2) is 4.98 Å². The molecule has 4 nitrogen and oxygen atoms in total. The van der Waals surface area contributed by atoms with Crippen LogP contribution >= 0.6 is 0 Å². The minimum atomic E-state index is 0.204. The number of aromatic nitrogens is 1. The Kier molecular flexibility index (Phi) is 4.48. The van der Waals surface area contributed by atoms with Crippen LogP contribution in [-0.4, -0.2) is 18.1 Å². The molecule has 2 aromatic rings. The average molecular weight is 299 g/mol. The van der Waals surface area contributed by atoms with Crippen LogP contribution < -0.4 is 10.2 Å². The summed E-state index contributed by atoms with van der Waals surface area (Å²) < 4.78 is 5.79. The van der Waals surface area contributed by atoms with Crippen molar-refractivity contribution in [2.24, 2.45) is 0 Å². The zero-order chi connectivity index (χ0) is 15.5. The lowest BCUT2D eigenvalue weighted by molar-refractivity contribution is 0.415. The number of hydrogen-bond acceptors (Lipinski definition) is 4. The van der Waals surface area contributed by atoms with E-state index in [1.54, 1.807) is 0 Å². The SMILES string of the molecule is Cc1cc([C@@H](C)NCc2ccnc(N3CCCC3)c2)oc1C. The van der Waals surface area contributed by atoms with Crippen LogP contribution in [0.4, 0.5) is 5.82 Å². The Morgan fingerprint density at radius 1 is 1.27 bits per heavy atom. The van der Waals surface area contributed by atoms with Gasteiger partial charge in [0.25, 0.3) is 0 Å². The number of aryl methyl sites for hydroxylation is 2. The summed E-state index contributed by atoms with van der Waals surface area (Å²) in [6, 6.07) is 6.60. The largest absolute Gasteiger partial charge is 0.464 e. The second kappa shape index (κ2) is 6.53. The molecule has 0 saturated carbocycles. The highest BCUT2D eigenvalue weighted by Gasteiger charge is 2.14. The van der Waals surface area contributed by atoms with Crippen LogP contribution in [-0.2, 0) is 6.54 Å². The predicted molar refractivity (Wildman–Crippen MR) is 89.1 cm³/mol. The third-order valence-electron chi connectivity index (χ3n) is 4.46. The molecule has 0 amide bonds. The maximum absolute atomic E-state index is 5.79. The highest BCUT2D eigenvalue weighted by Crippen LogP contribution is 2.21. The summed E-state index contributed by atoms with van der Waals surface area (Å²) >= 11 is 0. The average Bonchev–Trinajstić information content (AvgIpc) is 3.16. The van der Waals surface area contributed by atoms with E-state index in [9.17, 15) is 0 Å². The molecule has 1 fully saturated rings. The van der Waals surface area contributed by atoms with Crippen molar-refractivity contribution in [2.75, 3.05) is 18.0 Å². The van der Waals surface area contributed by atoms with Gasteiger partial charge in [-0.05, 0) is 62.9 Å². The monoisotopic (exact) mass is 299 g/mol. The van der Waals surface area contributed by atoms with E-state index in [-0.39, 0.29) is 6.04 Å². The first-order chi connectivity index (χ1) is 10.6. The van der Waals surface area contributed by atoms with Crippen LogP contribution in [0, 0.1) is 13.8 Å². The molecule has 1 atom stereocenters. The third-order valence-corrected chi connectivity index (χ3v) is 4.46. The van der Waals surface area contributed by atoms with E-state index in [2.05, 4.69) is 47.2 Å². The van der Waals surface area contributed by atoms with E-state index in [1.807, 2.05) is 13.1 Å². The molecular weight excluding hydrogens is 274 g/mol. The Morgan fingerprint density at radius 2 is 2.05 bits per heavy atom. The van der Waals surface area contributed by atoms with Gasteiger partial charge in [-0.3, -0.25) is 0 Å². The molecule has 118 valence electrons. The zero-order valence-corrected chi connectivity index (χ0v) is 13.7. The molecule has 0 bridgehead atoms. The molecule has 1 aliphatic heterocycles. The van der Waals surface area contributed by atoms with Gasteiger partial charge in [0.2, 0.25) is 0 Å². The molecular formula is C18H25N3O. The summed E-state index contributed by atoms with van der Waals surface area (Å²) in [5.41, 5.74) is 2.48. The maximum Gasteiger partial charge on any atom is 0.128 e. The van der Waals surface area contributed by atoms with Gasteiger partial charge in [-0.15, -0.1) is 0 Å². The van der Waals surface area contributed by atoms with Crippen molar-refractivity contribution in [3.05, 3.63) is 47.0 Å². The standard InChI is InChI=1S/C18H25N3O/c1-13-10-17(22-15(13)3)14(2)20-12-16-6-7-19-18(11-16)21-8-4-5-9-21/h6-7,10-11,14,20H,4-5,8-9,12H2,1-3H3/t14-/m1/s1. The van der Waals surface area contributed by atoms with Crippen molar-refractivity contribution in [3.63, 3.8) is 0 Å². The fraction of sp³-hybridized carbons (Fsp3) is 0.500. The number of anilines is 1. The van der Waals surface area contributed by atoms with E-state index in [0.29, 0.717) is 0 Å². The van der Waals surface area contributed by atoms with Crippen LogP contribution in [0.2, 0.25) is 0 Å². The molecule has 1 N–H and O–H groups in total. The summed E-state index contributed by atoms with van der Waals surface area (Å²) in [5.74, 6) is 3.11. The molecule has 4 heteroatoms. The topological polar surface area (TPSA) is 41.3 Å². The van der Waals surface area contributed by atoms with Gasteiger partial charge in [0.15, 0.2) is 0 Å². The van der Waals surface area contributed by atoms with Crippen molar-refractivity contribution in [2.45, 2.75) is 46.2 Å². The number of nitrogens with one attached hydrogen (secondary N) is 1. The molecule has 1 saturated heterocycles. The van der Waals surface area contributed by atoms with E-state index in [4.69, 9.17) is 4.42 Å². The molecule has 0 aromatic carbocycles. The number of furan rings is 1. The van der Waals surface area contributed by atoms with Crippen molar-refractivity contribution >= 4 is 5.82 Å². The summed E-state index contributed by atoms with van der Waals surface area (Å²) in [6.07, 6.45) is 4.47. The van der Waals surface area contributed by atoms with Gasteiger partial charge in [0.05, 0.1) is 6.04 Å². The maximum atomic E-state index is 5.79. The van der Waals surface area contributed by atoms with Crippen molar-refractivity contribution in [3.8, 4) is 0 Å².